The van der Waals surface area contributed by atoms with Crippen LogP contribution in [0.25, 0.3) is 0 Å². The summed E-state index contributed by atoms with van der Waals surface area (Å²) in [4.78, 5) is 0. The molecule has 2 nitrogen and oxygen atoms in total. The van der Waals surface area contributed by atoms with Crippen molar-refractivity contribution in [3.63, 3.8) is 0 Å². The largest absolute Gasteiger partial charge is 0.381 e. The molecule has 1 rings (SSSR count). The van der Waals surface area contributed by atoms with Gasteiger partial charge >= 0.3 is 0 Å². The Hall–Kier alpha value is -0.0800. The minimum Gasteiger partial charge on any atom is -0.381 e. The molecule has 17 heavy (non-hydrogen) atoms. The molecule has 1 aliphatic heterocycles. The summed E-state index contributed by atoms with van der Waals surface area (Å²) in [6, 6.07) is 0.704. The van der Waals surface area contributed by atoms with Crippen LogP contribution in [-0.4, -0.2) is 25.8 Å². The average molecular weight is 241 g/mol. The van der Waals surface area contributed by atoms with Crippen molar-refractivity contribution >= 4 is 0 Å². The predicted octanol–water partition coefficient (Wildman–Crippen LogP) is 3.75. The maximum atomic E-state index is 5.39. The zero-order chi connectivity index (χ0) is 12.3. The summed E-state index contributed by atoms with van der Waals surface area (Å²) in [7, 11) is 0. The molecule has 1 heterocycles. The molecule has 102 valence electrons. The van der Waals surface area contributed by atoms with Crippen LogP contribution in [0, 0.1) is 5.92 Å². The van der Waals surface area contributed by atoms with Gasteiger partial charge in [-0.1, -0.05) is 39.0 Å². The summed E-state index contributed by atoms with van der Waals surface area (Å²) < 4.78 is 5.39. The van der Waals surface area contributed by atoms with E-state index in [1.54, 1.807) is 0 Å². The minimum atomic E-state index is 0.704. The van der Waals surface area contributed by atoms with Crippen LogP contribution < -0.4 is 5.32 Å². The first kappa shape index (κ1) is 15.0. The Morgan fingerprint density at radius 1 is 1.12 bits per heavy atom. The van der Waals surface area contributed by atoms with Crippen molar-refractivity contribution in [1.29, 1.82) is 0 Å². The highest BCUT2D eigenvalue weighted by Gasteiger charge is 2.12. The van der Waals surface area contributed by atoms with Crippen molar-refractivity contribution in [3.05, 3.63) is 0 Å². The molecule has 0 radical (unpaired) electrons. The Balaban J connectivity index is 1.83. The number of ether oxygens (including phenoxy) is 1. The molecule has 0 aromatic rings. The zero-order valence-electron chi connectivity index (χ0n) is 11.8. The highest BCUT2D eigenvalue weighted by atomic mass is 16.5. The topological polar surface area (TPSA) is 21.3 Å². The van der Waals surface area contributed by atoms with E-state index >= 15 is 0 Å². The minimum absolute atomic E-state index is 0.704. The van der Waals surface area contributed by atoms with E-state index in [4.69, 9.17) is 4.74 Å². The molecular weight excluding hydrogens is 210 g/mol. The van der Waals surface area contributed by atoms with Crippen LogP contribution in [-0.2, 0) is 4.74 Å². The second-order valence-electron chi connectivity index (χ2n) is 5.51. The molecule has 1 saturated heterocycles. The molecule has 0 aromatic carbocycles. The lowest BCUT2D eigenvalue weighted by molar-refractivity contribution is 0.0631. The fourth-order valence-corrected chi connectivity index (χ4v) is 2.72. The molecule has 0 bridgehead atoms. The lowest BCUT2D eigenvalue weighted by Gasteiger charge is -2.21. The van der Waals surface area contributed by atoms with Crippen LogP contribution in [0.3, 0.4) is 0 Å². The van der Waals surface area contributed by atoms with Crippen molar-refractivity contribution in [2.45, 2.75) is 71.3 Å². The third kappa shape index (κ3) is 7.77. The van der Waals surface area contributed by atoms with Gasteiger partial charge in [0.1, 0.15) is 0 Å². The van der Waals surface area contributed by atoms with E-state index in [1.807, 2.05) is 0 Å². The van der Waals surface area contributed by atoms with E-state index in [9.17, 15) is 0 Å². The third-order valence-electron chi connectivity index (χ3n) is 3.89. The van der Waals surface area contributed by atoms with Crippen LogP contribution in [0.4, 0.5) is 0 Å². The van der Waals surface area contributed by atoms with Gasteiger partial charge in [0.2, 0.25) is 0 Å². The fraction of sp³-hybridized carbons (Fsp3) is 1.00. The molecule has 1 N–H and O–H groups in total. The van der Waals surface area contributed by atoms with Crippen LogP contribution in [0.1, 0.15) is 65.2 Å². The number of hydrogen-bond acceptors (Lipinski definition) is 2. The van der Waals surface area contributed by atoms with Crippen molar-refractivity contribution < 1.29 is 4.74 Å². The Morgan fingerprint density at radius 3 is 2.53 bits per heavy atom. The second kappa shape index (κ2) is 9.90. The van der Waals surface area contributed by atoms with Crippen molar-refractivity contribution in [2.24, 2.45) is 5.92 Å². The molecule has 1 atom stereocenters. The lowest BCUT2D eigenvalue weighted by atomic mass is 9.93. The van der Waals surface area contributed by atoms with Gasteiger partial charge in [0.15, 0.2) is 0 Å². The molecule has 1 unspecified atom stereocenters. The second-order valence-corrected chi connectivity index (χ2v) is 5.51. The quantitative estimate of drug-likeness (QED) is 0.621. The number of hydrogen-bond donors (Lipinski definition) is 1. The first-order chi connectivity index (χ1) is 8.33. The molecule has 0 saturated carbocycles. The van der Waals surface area contributed by atoms with Gasteiger partial charge in [0.25, 0.3) is 0 Å². The van der Waals surface area contributed by atoms with E-state index in [1.165, 1.54) is 51.4 Å². The van der Waals surface area contributed by atoms with Crippen LogP contribution in [0.15, 0.2) is 0 Å². The predicted molar refractivity (Wildman–Crippen MR) is 74.4 cm³/mol. The molecular formula is C15H31NO. The SMILES string of the molecule is CCNC(C)CCCCCCC1CCOCC1. The number of rotatable bonds is 9. The summed E-state index contributed by atoms with van der Waals surface area (Å²) in [5.74, 6) is 0.962. The van der Waals surface area contributed by atoms with E-state index in [0.717, 1.165) is 25.7 Å². The lowest BCUT2D eigenvalue weighted by Crippen LogP contribution is -2.25. The Morgan fingerprint density at radius 2 is 1.82 bits per heavy atom. The Bertz CT molecular complexity index is 166. The first-order valence-corrected chi connectivity index (χ1v) is 7.64. The van der Waals surface area contributed by atoms with Gasteiger partial charge in [-0.25, -0.2) is 0 Å². The molecule has 2 heteroatoms. The summed E-state index contributed by atoms with van der Waals surface area (Å²) in [5.41, 5.74) is 0. The van der Waals surface area contributed by atoms with Crippen LogP contribution in [0.2, 0.25) is 0 Å². The van der Waals surface area contributed by atoms with Gasteiger partial charge in [0, 0.05) is 19.3 Å². The normalized spacial score (nSPS) is 19.4. The summed E-state index contributed by atoms with van der Waals surface area (Å²) in [5, 5.41) is 3.47. The first-order valence-electron chi connectivity index (χ1n) is 7.64. The molecule has 0 spiro atoms. The molecule has 1 aliphatic rings. The van der Waals surface area contributed by atoms with E-state index in [0.29, 0.717) is 6.04 Å². The highest BCUT2D eigenvalue weighted by Crippen LogP contribution is 2.21. The Kier molecular flexibility index (Phi) is 8.72. The van der Waals surface area contributed by atoms with Crippen LogP contribution >= 0.6 is 0 Å². The highest BCUT2D eigenvalue weighted by molar-refractivity contribution is 4.64. The third-order valence-corrected chi connectivity index (χ3v) is 3.89. The maximum Gasteiger partial charge on any atom is 0.0468 e. The fourth-order valence-electron chi connectivity index (χ4n) is 2.72. The van der Waals surface area contributed by atoms with Gasteiger partial charge in [-0.2, -0.15) is 0 Å². The number of nitrogens with one attached hydrogen (secondary N) is 1. The van der Waals surface area contributed by atoms with Gasteiger partial charge in [-0.3, -0.25) is 0 Å². The number of unbranched alkanes of at least 4 members (excludes halogenated alkanes) is 3. The molecule has 0 aliphatic carbocycles. The van der Waals surface area contributed by atoms with E-state index < -0.39 is 0 Å². The van der Waals surface area contributed by atoms with Crippen LogP contribution in [0.5, 0.6) is 0 Å². The maximum absolute atomic E-state index is 5.39. The molecule has 1 fully saturated rings. The van der Waals surface area contributed by atoms with E-state index in [-0.39, 0.29) is 0 Å². The monoisotopic (exact) mass is 241 g/mol. The standard InChI is InChI=1S/C15H31NO/c1-3-16-14(2)8-6-4-5-7-9-15-10-12-17-13-11-15/h14-16H,3-13H2,1-2H3. The van der Waals surface area contributed by atoms with Crippen molar-refractivity contribution in [3.8, 4) is 0 Å². The smallest absolute Gasteiger partial charge is 0.0468 e. The van der Waals surface area contributed by atoms with E-state index in [2.05, 4.69) is 19.2 Å². The van der Waals surface area contributed by atoms with Gasteiger partial charge in [-0.15, -0.1) is 0 Å². The Labute approximate surface area is 108 Å². The summed E-state index contributed by atoms with van der Waals surface area (Å²) >= 11 is 0. The molecule has 0 amide bonds. The zero-order valence-corrected chi connectivity index (χ0v) is 11.8. The van der Waals surface area contributed by atoms with Crippen molar-refractivity contribution in [2.75, 3.05) is 19.8 Å². The van der Waals surface area contributed by atoms with Crippen molar-refractivity contribution in [1.82, 2.24) is 5.32 Å². The average Bonchev–Trinajstić information content (AvgIpc) is 2.35. The summed E-state index contributed by atoms with van der Waals surface area (Å²) in [6.07, 6.45) is 11.0. The molecule has 0 aromatic heterocycles. The van der Waals surface area contributed by atoms with Gasteiger partial charge in [-0.05, 0) is 38.6 Å². The van der Waals surface area contributed by atoms with Gasteiger partial charge in [0.05, 0.1) is 0 Å². The van der Waals surface area contributed by atoms with Gasteiger partial charge < -0.3 is 10.1 Å². The summed E-state index contributed by atoms with van der Waals surface area (Å²) in [6.45, 7) is 7.59.